The van der Waals surface area contributed by atoms with Crippen LogP contribution in [0.25, 0.3) is 0 Å². The van der Waals surface area contributed by atoms with E-state index >= 15 is 0 Å². The van der Waals surface area contributed by atoms with Gasteiger partial charge in [0.05, 0.1) is 7.11 Å². The first-order valence-electron chi connectivity index (χ1n) is 5.71. The topological polar surface area (TPSA) is 52.6 Å². The molecule has 0 fully saturated rings. The molecule has 0 amide bonds. The third-order valence-electron chi connectivity index (χ3n) is 2.85. The molecule has 0 N–H and O–H groups in total. The Morgan fingerprint density at radius 1 is 1.28 bits per heavy atom. The van der Waals surface area contributed by atoms with Crippen LogP contribution >= 0.6 is 0 Å². The van der Waals surface area contributed by atoms with Gasteiger partial charge in [0.15, 0.2) is 0 Å². The molecular weight excluding hydrogens is 252 g/mol. The predicted molar refractivity (Wildman–Crippen MR) is 69.0 cm³/mol. The van der Waals surface area contributed by atoms with Crippen molar-refractivity contribution in [3.05, 3.63) is 41.0 Å². The lowest BCUT2D eigenvalue weighted by molar-refractivity contribution is 0.113. The molecule has 1 heterocycles. The summed E-state index contributed by atoms with van der Waals surface area (Å²) in [6.45, 7) is 0. The van der Waals surface area contributed by atoms with Crippen LogP contribution in [-0.2, 0) is 14.6 Å². The Hall–Kier alpha value is -1.49. The number of rotatable bonds is 3. The van der Waals surface area contributed by atoms with E-state index in [1.165, 1.54) is 0 Å². The van der Waals surface area contributed by atoms with E-state index in [-0.39, 0.29) is 11.2 Å². The maximum atomic E-state index is 11.5. The molecule has 98 valence electrons. The predicted octanol–water partition coefficient (Wildman–Crippen LogP) is 2.43. The lowest BCUT2D eigenvalue weighted by Gasteiger charge is -2.24. The van der Waals surface area contributed by atoms with E-state index in [0.29, 0.717) is 6.42 Å². The lowest BCUT2D eigenvalue weighted by atomic mass is 10.0. The maximum Gasteiger partial charge on any atom is 0.208 e. The molecule has 1 atom stereocenters. The first kappa shape index (κ1) is 13.0. The van der Waals surface area contributed by atoms with Crippen molar-refractivity contribution in [2.45, 2.75) is 18.9 Å². The second kappa shape index (κ2) is 5.02. The average molecular weight is 268 g/mol. The minimum atomic E-state index is -3.27. The summed E-state index contributed by atoms with van der Waals surface area (Å²) in [4.78, 5) is 0. The van der Waals surface area contributed by atoms with Gasteiger partial charge < -0.3 is 9.47 Å². The molecule has 0 saturated heterocycles. The molecule has 0 bridgehead atoms. The van der Waals surface area contributed by atoms with Gasteiger partial charge in [-0.3, -0.25) is 0 Å². The van der Waals surface area contributed by atoms with Crippen LogP contribution in [0.15, 0.2) is 35.4 Å². The van der Waals surface area contributed by atoms with Gasteiger partial charge in [-0.1, -0.05) is 12.1 Å². The van der Waals surface area contributed by atoms with Crippen LogP contribution in [0.5, 0.6) is 5.75 Å². The van der Waals surface area contributed by atoms with Crippen molar-refractivity contribution in [1.82, 2.24) is 0 Å². The van der Waals surface area contributed by atoms with Gasteiger partial charge >= 0.3 is 0 Å². The molecule has 1 aliphatic rings. The molecule has 5 heteroatoms. The third-order valence-corrected chi connectivity index (χ3v) is 3.85. The lowest BCUT2D eigenvalue weighted by Crippen LogP contribution is -2.14. The summed E-state index contributed by atoms with van der Waals surface area (Å²) in [6.07, 6.45) is 4.08. The number of hydrogen-bond acceptors (Lipinski definition) is 4. The Balaban J connectivity index is 2.18. The number of ether oxygens (including phenoxy) is 2. The summed E-state index contributed by atoms with van der Waals surface area (Å²) in [6, 6.07) is 7.48. The summed E-state index contributed by atoms with van der Waals surface area (Å²) >= 11 is 0. The highest BCUT2D eigenvalue weighted by Crippen LogP contribution is 2.32. The van der Waals surface area contributed by atoms with Crippen molar-refractivity contribution in [1.29, 1.82) is 0 Å². The zero-order valence-electron chi connectivity index (χ0n) is 10.4. The quantitative estimate of drug-likeness (QED) is 0.845. The zero-order chi connectivity index (χ0) is 13.2. The summed E-state index contributed by atoms with van der Waals surface area (Å²) in [5, 5.41) is 0.0783. The van der Waals surface area contributed by atoms with E-state index in [0.717, 1.165) is 24.0 Å². The van der Waals surface area contributed by atoms with Crippen LogP contribution in [0, 0.1) is 0 Å². The zero-order valence-corrected chi connectivity index (χ0v) is 11.2. The third kappa shape index (κ3) is 2.85. The molecule has 1 unspecified atom stereocenters. The smallest absolute Gasteiger partial charge is 0.208 e. The van der Waals surface area contributed by atoms with Gasteiger partial charge in [0.25, 0.3) is 0 Å². The van der Waals surface area contributed by atoms with Crippen LogP contribution in [0.2, 0.25) is 0 Å². The normalized spacial score (nSPS) is 19.9. The van der Waals surface area contributed by atoms with Gasteiger partial charge in [-0.05, 0) is 36.6 Å². The van der Waals surface area contributed by atoms with E-state index in [9.17, 15) is 8.42 Å². The number of methoxy groups -OCH3 is 1. The molecule has 0 spiro atoms. The second-order valence-corrected chi connectivity index (χ2v) is 6.20. The SMILES string of the molecule is COc1ccc(C2CCC=C(S(C)(=O)=O)O2)cc1. The van der Waals surface area contributed by atoms with Crippen molar-refractivity contribution in [2.24, 2.45) is 0 Å². The Kier molecular flexibility index (Phi) is 3.61. The first-order chi connectivity index (χ1) is 8.50. The minimum absolute atomic E-state index is 0.0783. The molecule has 1 aliphatic heterocycles. The Morgan fingerprint density at radius 3 is 2.50 bits per heavy atom. The highest BCUT2D eigenvalue weighted by molar-refractivity contribution is 7.94. The highest BCUT2D eigenvalue weighted by Gasteiger charge is 2.23. The second-order valence-electron chi connectivity index (χ2n) is 4.25. The fourth-order valence-electron chi connectivity index (χ4n) is 1.89. The van der Waals surface area contributed by atoms with Gasteiger partial charge in [-0.15, -0.1) is 0 Å². The monoisotopic (exact) mass is 268 g/mol. The minimum Gasteiger partial charge on any atom is -0.497 e. The van der Waals surface area contributed by atoms with E-state index in [1.54, 1.807) is 13.2 Å². The Labute approximate surface area is 107 Å². The summed E-state index contributed by atoms with van der Waals surface area (Å²) in [7, 11) is -1.66. The number of hydrogen-bond donors (Lipinski definition) is 0. The summed E-state index contributed by atoms with van der Waals surface area (Å²) < 4.78 is 33.5. The summed E-state index contributed by atoms with van der Waals surface area (Å²) in [5.41, 5.74) is 0.963. The van der Waals surface area contributed by atoms with Crippen molar-refractivity contribution in [2.75, 3.05) is 13.4 Å². The molecular formula is C13H16O4S. The van der Waals surface area contributed by atoms with Crippen molar-refractivity contribution >= 4 is 9.84 Å². The number of benzene rings is 1. The van der Waals surface area contributed by atoms with Crippen LogP contribution in [0.4, 0.5) is 0 Å². The van der Waals surface area contributed by atoms with E-state index in [1.807, 2.05) is 24.3 Å². The van der Waals surface area contributed by atoms with Gasteiger partial charge in [0.1, 0.15) is 11.9 Å². The van der Waals surface area contributed by atoms with E-state index in [2.05, 4.69) is 0 Å². The van der Waals surface area contributed by atoms with Crippen molar-refractivity contribution in [3.8, 4) is 5.75 Å². The fourth-order valence-corrected chi connectivity index (χ4v) is 2.60. The number of allylic oxidation sites excluding steroid dienone is 1. The van der Waals surface area contributed by atoms with E-state index in [4.69, 9.17) is 9.47 Å². The molecule has 2 rings (SSSR count). The molecule has 1 aromatic rings. The van der Waals surface area contributed by atoms with Gasteiger partial charge in [0, 0.05) is 6.26 Å². The van der Waals surface area contributed by atoms with Crippen LogP contribution in [0.1, 0.15) is 24.5 Å². The van der Waals surface area contributed by atoms with Crippen molar-refractivity contribution in [3.63, 3.8) is 0 Å². The highest BCUT2D eigenvalue weighted by atomic mass is 32.2. The van der Waals surface area contributed by atoms with E-state index < -0.39 is 9.84 Å². The maximum absolute atomic E-state index is 11.5. The number of sulfone groups is 1. The summed E-state index contributed by atoms with van der Waals surface area (Å²) in [5.74, 6) is 0.772. The first-order valence-corrected chi connectivity index (χ1v) is 7.60. The van der Waals surface area contributed by atoms with Gasteiger partial charge in [-0.25, -0.2) is 8.42 Å². The van der Waals surface area contributed by atoms with Crippen LogP contribution in [0.3, 0.4) is 0 Å². The van der Waals surface area contributed by atoms with Crippen molar-refractivity contribution < 1.29 is 17.9 Å². The molecule has 0 saturated carbocycles. The average Bonchev–Trinajstić information content (AvgIpc) is 2.38. The largest absolute Gasteiger partial charge is 0.497 e. The molecule has 4 nitrogen and oxygen atoms in total. The molecule has 0 aromatic heterocycles. The van der Waals surface area contributed by atoms with Crippen LogP contribution in [-0.4, -0.2) is 21.8 Å². The Morgan fingerprint density at radius 2 is 1.94 bits per heavy atom. The standard InChI is InChI=1S/C13H16O4S/c1-16-11-8-6-10(7-9-11)12-4-3-5-13(17-12)18(2,14)15/h5-9,12H,3-4H2,1-2H3. The Bertz CT molecular complexity index is 543. The molecule has 1 aromatic carbocycles. The van der Waals surface area contributed by atoms with Gasteiger partial charge in [0.2, 0.25) is 14.9 Å². The molecule has 18 heavy (non-hydrogen) atoms. The molecule has 0 radical (unpaired) electrons. The fraction of sp³-hybridized carbons (Fsp3) is 0.385. The van der Waals surface area contributed by atoms with Gasteiger partial charge in [-0.2, -0.15) is 0 Å². The van der Waals surface area contributed by atoms with Crippen LogP contribution < -0.4 is 4.74 Å². The molecule has 0 aliphatic carbocycles.